The molecule has 0 heterocycles. The van der Waals surface area contributed by atoms with Crippen LogP contribution in [0.5, 0.6) is 0 Å². The third-order valence-corrected chi connectivity index (χ3v) is 6.43. The molecule has 1 aliphatic rings. The molecule has 0 bridgehead atoms. The zero-order valence-corrected chi connectivity index (χ0v) is 19.0. The van der Waals surface area contributed by atoms with Crippen molar-refractivity contribution >= 4 is 0 Å². The van der Waals surface area contributed by atoms with Crippen molar-refractivity contribution in [2.75, 3.05) is 6.61 Å². The number of allylic oxidation sites excluding steroid dienone is 2. The van der Waals surface area contributed by atoms with Gasteiger partial charge in [0.1, 0.15) is 0 Å². The highest BCUT2D eigenvalue weighted by molar-refractivity contribution is 5.65. The van der Waals surface area contributed by atoms with Crippen LogP contribution in [-0.4, -0.2) is 12.7 Å². The fourth-order valence-electron chi connectivity index (χ4n) is 4.51. The van der Waals surface area contributed by atoms with Gasteiger partial charge in [0.05, 0.1) is 6.10 Å². The number of ether oxygens (including phenoxy) is 1. The summed E-state index contributed by atoms with van der Waals surface area (Å²) in [5.74, 6) is -1.33. The highest BCUT2D eigenvalue weighted by Crippen LogP contribution is 2.38. The monoisotopic (exact) mass is 426 g/mol. The number of rotatable bonds is 10. The van der Waals surface area contributed by atoms with Crippen LogP contribution in [0.2, 0.25) is 0 Å². The Bertz CT molecular complexity index is 833. The maximum Gasteiger partial charge on any atom is 0.166 e. The molecule has 1 aliphatic carbocycles. The van der Waals surface area contributed by atoms with E-state index in [1.165, 1.54) is 18.4 Å². The normalized spacial score (nSPS) is 19.2. The molecule has 0 unspecified atom stereocenters. The lowest BCUT2D eigenvalue weighted by Gasteiger charge is -2.29. The van der Waals surface area contributed by atoms with Gasteiger partial charge in [0, 0.05) is 12.2 Å². The van der Waals surface area contributed by atoms with E-state index in [1.54, 1.807) is 12.1 Å². The molecule has 0 aliphatic heterocycles. The molecule has 168 valence electrons. The van der Waals surface area contributed by atoms with Crippen LogP contribution in [0.15, 0.2) is 48.6 Å². The summed E-state index contributed by atoms with van der Waals surface area (Å²) in [6, 6.07) is 11.3. The highest BCUT2D eigenvalue weighted by atomic mass is 19.2. The van der Waals surface area contributed by atoms with Crippen LogP contribution in [0.3, 0.4) is 0 Å². The minimum absolute atomic E-state index is 0.0769. The molecule has 2 aromatic carbocycles. The number of benzene rings is 2. The molecular weight excluding hydrogens is 390 g/mol. The van der Waals surface area contributed by atoms with Crippen LogP contribution < -0.4 is 0 Å². The van der Waals surface area contributed by atoms with E-state index in [0.29, 0.717) is 11.1 Å². The van der Waals surface area contributed by atoms with Crippen LogP contribution in [0.25, 0.3) is 11.1 Å². The molecule has 3 rings (SSSR count). The van der Waals surface area contributed by atoms with Crippen molar-refractivity contribution in [3.8, 4) is 11.1 Å². The first-order valence-corrected chi connectivity index (χ1v) is 11.9. The second-order valence-corrected chi connectivity index (χ2v) is 8.69. The maximum atomic E-state index is 15.0. The number of halogens is 2. The van der Waals surface area contributed by atoms with Crippen molar-refractivity contribution in [3.05, 3.63) is 71.3 Å². The van der Waals surface area contributed by atoms with Crippen LogP contribution in [0.1, 0.15) is 82.3 Å². The van der Waals surface area contributed by atoms with Crippen molar-refractivity contribution in [1.82, 2.24) is 0 Å². The Morgan fingerprint density at radius 3 is 2.35 bits per heavy atom. The molecule has 0 saturated heterocycles. The van der Waals surface area contributed by atoms with Gasteiger partial charge in [-0.15, -0.1) is 0 Å². The second kappa shape index (κ2) is 12.1. The summed E-state index contributed by atoms with van der Waals surface area (Å²) in [4.78, 5) is 0. The van der Waals surface area contributed by atoms with Crippen LogP contribution >= 0.6 is 0 Å². The van der Waals surface area contributed by atoms with Crippen LogP contribution in [0, 0.1) is 11.6 Å². The molecule has 1 fully saturated rings. The average Bonchev–Trinajstić information content (AvgIpc) is 2.80. The first-order valence-electron chi connectivity index (χ1n) is 11.9. The minimum atomic E-state index is -0.725. The molecule has 1 nitrogen and oxygen atoms in total. The summed E-state index contributed by atoms with van der Waals surface area (Å²) in [5.41, 5.74) is 2.79. The predicted octanol–water partition coefficient (Wildman–Crippen LogP) is 8.37. The molecule has 3 heteroatoms. The van der Waals surface area contributed by atoms with E-state index in [2.05, 4.69) is 13.0 Å². The standard InChI is InChI=1S/C28H36F2O/c1-3-5-7-9-21-10-12-22(13-11-21)25-18-19-26(28(30)27(25)29)23-14-16-24(17-15-23)31-20-8-6-4-2/h3,5,10-13,18-19,23-24H,4,6-9,14-17,20H2,1-2H3/b5-3+. The summed E-state index contributed by atoms with van der Waals surface area (Å²) in [6.45, 7) is 5.01. The SMILES string of the molecule is C/C=C/CCc1ccc(-c2ccc(C3CCC(OCCCCC)CC3)c(F)c2F)cc1. The van der Waals surface area contributed by atoms with Gasteiger partial charge >= 0.3 is 0 Å². The maximum absolute atomic E-state index is 15.0. The topological polar surface area (TPSA) is 9.23 Å². The molecule has 0 aromatic heterocycles. The fourth-order valence-corrected chi connectivity index (χ4v) is 4.51. The molecular formula is C28H36F2O. The van der Waals surface area contributed by atoms with Crippen LogP contribution in [-0.2, 0) is 11.2 Å². The minimum Gasteiger partial charge on any atom is -0.378 e. The largest absolute Gasteiger partial charge is 0.378 e. The molecule has 0 radical (unpaired) electrons. The Morgan fingerprint density at radius 2 is 1.68 bits per heavy atom. The Hall–Kier alpha value is -2.00. The Kier molecular flexibility index (Phi) is 9.27. The van der Waals surface area contributed by atoms with Gasteiger partial charge in [0.2, 0.25) is 0 Å². The average molecular weight is 427 g/mol. The lowest BCUT2D eigenvalue weighted by Crippen LogP contribution is -2.22. The number of unbranched alkanes of at least 4 members (excludes halogenated alkanes) is 2. The van der Waals surface area contributed by atoms with Gasteiger partial charge in [-0.25, -0.2) is 8.78 Å². The van der Waals surface area contributed by atoms with E-state index in [4.69, 9.17) is 4.74 Å². The number of hydrogen-bond donors (Lipinski definition) is 0. The number of aryl methyl sites for hydroxylation is 1. The molecule has 0 amide bonds. The fraction of sp³-hybridized carbons (Fsp3) is 0.500. The summed E-state index contributed by atoms with van der Waals surface area (Å²) >= 11 is 0. The van der Waals surface area contributed by atoms with Gasteiger partial charge in [0.15, 0.2) is 11.6 Å². The Labute approximate surface area is 186 Å². The third-order valence-electron chi connectivity index (χ3n) is 6.43. The zero-order valence-electron chi connectivity index (χ0n) is 19.0. The lowest BCUT2D eigenvalue weighted by molar-refractivity contribution is 0.0225. The summed E-state index contributed by atoms with van der Waals surface area (Å²) < 4.78 is 35.9. The van der Waals surface area contributed by atoms with Gasteiger partial charge in [-0.1, -0.05) is 68.3 Å². The van der Waals surface area contributed by atoms with Gasteiger partial charge < -0.3 is 4.74 Å². The van der Waals surface area contributed by atoms with E-state index >= 15 is 0 Å². The van der Waals surface area contributed by atoms with Crippen molar-refractivity contribution in [3.63, 3.8) is 0 Å². The van der Waals surface area contributed by atoms with Crippen LogP contribution in [0.4, 0.5) is 8.78 Å². The van der Waals surface area contributed by atoms with E-state index in [-0.39, 0.29) is 12.0 Å². The van der Waals surface area contributed by atoms with E-state index in [9.17, 15) is 8.78 Å². The van der Waals surface area contributed by atoms with Gasteiger partial charge in [-0.2, -0.15) is 0 Å². The van der Waals surface area contributed by atoms with Crippen molar-refractivity contribution < 1.29 is 13.5 Å². The lowest BCUT2D eigenvalue weighted by atomic mass is 9.82. The molecule has 2 aromatic rings. The molecule has 0 spiro atoms. The van der Waals surface area contributed by atoms with Gasteiger partial charge in [-0.3, -0.25) is 0 Å². The zero-order chi connectivity index (χ0) is 22.1. The van der Waals surface area contributed by atoms with Gasteiger partial charge in [-0.05, 0) is 74.5 Å². The molecule has 0 N–H and O–H groups in total. The van der Waals surface area contributed by atoms with Crippen molar-refractivity contribution in [1.29, 1.82) is 0 Å². The van der Waals surface area contributed by atoms with E-state index in [0.717, 1.165) is 57.1 Å². The van der Waals surface area contributed by atoms with Crippen molar-refractivity contribution in [2.24, 2.45) is 0 Å². The number of hydrogen-bond acceptors (Lipinski definition) is 1. The smallest absolute Gasteiger partial charge is 0.166 e. The third kappa shape index (κ3) is 6.49. The van der Waals surface area contributed by atoms with E-state index in [1.807, 2.05) is 37.3 Å². The van der Waals surface area contributed by atoms with E-state index < -0.39 is 11.6 Å². The van der Waals surface area contributed by atoms with Gasteiger partial charge in [0.25, 0.3) is 0 Å². The Balaban J connectivity index is 1.62. The Morgan fingerprint density at radius 1 is 0.935 bits per heavy atom. The molecule has 0 atom stereocenters. The molecule has 1 saturated carbocycles. The predicted molar refractivity (Wildman–Crippen MR) is 125 cm³/mol. The van der Waals surface area contributed by atoms with Crippen molar-refractivity contribution in [2.45, 2.75) is 83.7 Å². The summed E-state index contributed by atoms with van der Waals surface area (Å²) in [7, 11) is 0. The highest BCUT2D eigenvalue weighted by Gasteiger charge is 2.26. The second-order valence-electron chi connectivity index (χ2n) is 8.69. The first-order chi connectivity index (χ1) is 15.1. The molecule has 31 heavy (non-hydrogen) atoms. The first kappa shape index (κ1) is 23.7. The summed E-state index contributed by atoms with van der Waals surface area (Å²) in [5, 5.41) is 0. The quantitative estimate of drug-likeness (QED) is 0.274. The summed E-state index contributed by atoms with van der Waals surface area (Å²) in [6.07, 6.45) is 13.4.